The largest absolute Gasteiger partial charge is 0.463 e. The minimum atomic E-state index is -0.338. The van der Waals surface area contributed by atoms with Crippen molar-refractivity contribution in [3.05, 3.63) is 33.8 Å². The first-order valence-corrected chi connectivity index (χ1v) is 8.37. The molecule has 1 amide bonds. The molecular formula is C16H20Cl2N2O3. The summed E-state index contributed by atoms with van der Waals surface area (Å²) in [5.74, 6) is 0.261. The highest BCUT2D eigenvalue weighted by molar-refractivity contribution is 6.42. The molecule has 23 heavy (non-hydrogen) atoms. The number of benzene rings is 1. The molecule has 0 unspecified atom stereocenters. The zero-order chi connectivity index (χ0) is 16.7. The molecule has 0 saturated heterocycles. The van der Waals surface area contributed by atoms with Gasteiger partial charge < -0.3 is 9.47 Å². The number of nitrogens with one attached hydrogen (secondary N) is 1. The number of hydrogen-bond acceptors (Lipinski definition) is 4. The Morgan fingerprint density at radius 1 is 1.30 bits per heavy atom. The van der Waals surface area contributed by atoms with Crippen LogP contribution in [0.1, 0.15) is 30.1 Å². The van der Waals surface area contributed by atoms with E-state index in [0.29, 0.717) is 47.9 Å². The third-order valence-electron chi connectivity index (χ3n) is 3.26. The van der Waals surface area contributed by atoms with Crippen molar-refractivity contribution >= 4 is 35.1 Å². The van der Waals surface area contributed by atoms with Gasteiger partial charge in [-0.2, -0.15) is 0 Å². The third-order valence-corrected chi connectivity index (χ3v) is 4.00. The van der Waals surface area contributed by atoms with Gasteiger partial charge in [0.2, 0.25) is 0 Å². The first-order chi connectivity index (χ1) is 11.1. The van der Waals surface area contributed by atoms with Gasteiger partial charge in [-0.1, -0.05) is 23.2 Å². The van der Waals surface area contributed by atoms with Crippen LogP contribution in [0.3, 0.4) is 0 Å². The van der Waals surface area contributed by atoms with Crippen LogP contribution in [-0.4, -0.2) is 38.3 Å². The Morgan fingerprint density at radius 3 is 2.74 bits per heavy atom. The maximum atomic E-state index is 12.3. The van der Waals surface area contributed by atoms with Crippen molar-refractivity contribution in [2.75, 3.05) is 26.4 Å². The minimum Gasteiger partial charge on any atom is -0.463 e. The highest BCUT2D eigenvalue weighted by Gasteiger charge is 2.21. The number of amidine groups is 1. The summed E-state index contributed by atoms with van der Waals surface area (Å²) in [6.45, 7) is 3.97. The van der Waals surface area contributed by atoms with E-state index in [4.69, 9.17) is 32.7 Å². The second kappa shape index (κ2) is 9.11. The Morgan fingerprint density at radius 2 is 2.09 bits per heavy atom. The minimum absolute atomic E-state index is 0.215. The molecule has 0 heterocycles. The first-order valence-electron chi connectivity index (χ1n) is 7.61. The van der Waals surface area contributed by atoms with Gasteiger partial charge >= 0.3 is 0 Å². The number of amides is 1. The smallest absolute Gasteiger partial charge is 0.291 e. The van der Waals surface area contributed by atoms with Crippen molar-refractivity contribution < 1.29 is 14.3 Å². The van der Waals surface area contributed by atoms with E-state index < -0.39 is 0 Å². The van der Waals surface area contributed by atoms with E-state index in [0.717, 1.165) is 0 Å². The summed E-state index contributed by atoms with van der Waals surface area (Å²) in [7, 11) is 0. The van der Waals surface area contributed by atoms with Crippen molar-refractivity contribution in [3.63, 3.8) is 0 Å². The van der Waals surface area contributed by atoms with Gasteiger partial charge in [0.15, 0.2) is 0 Å². The number of carbonyl (C=O) groups is 1. The molecule has 1 aromatic rings. The fourth-order valence-electron chi connectivity index (χ4n) is 1.78. The van der Waals surface area contributed by atoms with Crippen molar-refractivity contribution in [2.45, 2.75) is 19.8 Å². The van der Waals surface area contributed by atoms with Gasteiger partial charge in [0, 0.05) is 18.7 Å². The number of halogens is 2. The average Bonchev–Trinajstić information content (AvgIpc) is 3.35. The Balaban J connectivity index is 1.95. The monoisotopic (exact) mass is 358 g/mol. The highest BCUT2D eigenvalue weighted by Crippen LogP contribution is 2.28. The Hall–Kier alpha value is -1.30. The van der Waals surface area contributed by atoms with Crippen molar-refractivity contribution in [2.24, 2.45) is 10.9 Å². The summed E-state index contributed by atoms with van der Waals surface area (Å²) < 4.78 is 10.7. The molecule has 0 aliphatic heterocycles. The van der Waals surface area contributed by atoms with Crippen LogP contribution in [-0.2, 0) is 9.47 Å². The lowest BCUT2D eigenvalue weighted by molar-refractivity contribution is 0.0922. The number of carbonyl (C=O) groups excluding carboxylic acids is 1. The average molecular weight is 359 g/mol. The first kappa shape index (κ1) is 18.0. The molecule has 1 aliphatic carbocycles. The number of hydrogen-bond donors (Lipinski definition) is 1. The fraction of sp³-hybridized carbons (Fsp3) is 0.500. The third kappa shape index (κ3) is 6.37. The van der Waals surface area contributed by atoms with Crippen LogP contribution < -0.4 is 5.32 Å². The summed E-state index contributed by atoms with van der Waals surface area (Å²) in [5.41, 5.74) is 0.395. The van der Waals surface area contributed by atoms with Crippen LogP contribution >= 0.6 is 23.2 Å². The van der Waals surface area contributed by atoms with Gasteiger partial charge in [0.05, 0.1) is 16.7 Å². The van der Waals surface area contributed by atoms with Gasteiger partial charge in [0.1, 0.15) is 6.61 Å². The molecule has 2 rings (SSSR count). The molecule has 0 radical (unpaired) electrons. The molecule has 0 aromatic heterocycles. The molecule has 0 bridgehead atoms. The van der Waals surface area contributed by atoms with Crippen molar-refractivity contribution in [1.29, 1.82) is 0 Å². The summed E-state index contributed by atoms with van der Waals surface area (Å²) in [5, 5.41) is 3.40. The maximum Gasteiger partial charge on any atom is 0.291 e. The van der Waals surface area contributed by atoms with E-state index in [-0.39, 0.29) is 11.9 Å². The van der Waals surface area contributed by atoms with Crippen LogP contribution in [0.2, 0.25) is 10.0 Å². The van der Waals surface area contributed by atoms with E-state index >= 15 is 0 Å². The lowest BCUT2D eigenvalue weighted by atomic mass is 10.2. The maximum absolute atomic E-state index is 12.3. The lowest BCUT2D eigenvalue weighted by Crippen LogP contribution is -2.33. The molecule has 1 N–H and O–H groups in total. The van der Waals surface area contributed by atoms with Gasteiger partial charge in [-0.3, -0.25) is 10.1 Å². The van der Waals surface area contributed by atoms with Gasteiger partial charge in [-0.05, 0) is 43.9 Å². The normalized spacial score (nSPS) is 14.7. The second-order valence-electron chi connectivity index (χ2n) is 5.22. The number of ether oxygens (including phenoxy) is 2. The van der Waals surface area contributed by atoms with Crippen LogP contribution in [0.25, 0.3) is 0 Å². The van der Waals surface area contributed by atoms with Crippen LogP contribution in [0.5, 0.6) is 0 Å². The van der Waals surface area contributed by atoms with Crippen LogP contribution in [0.15, 0.2) is 23.2 Å². The van der Waals surface area contributed by atoms with Gasteiger partial charge in [0.25, 0.3) is 11.9 Å². The zero-order valence-electron chi connectivity index (χ0n) is 13.0. The molecule has 7 heteroatoms. The second-order valence-corrected chi connectivity index (χ2v) is 6.03. The van der Waals surface area contributed by atoms with Crippen molar-refractivity contribution in [1.82, 2.24) is 5.32 Å². The number of aliphatic imine (C=N–C) groups is 1. The van der Waals surface area contributed by atoms with Crippen molar-refractivity contribution in [3.8, 4) is 0 Å². The SMILES string of the molecule is CCOCCOC(=NCC1CC1)NC(=O)c1ccc(Cl)c(Cl)c1. The van der Waals surface area contributed by atoms with E-state index in [2.05, 4.69) is 10.3 Å². The lowest BCUT2D eigenvalue weighted by Gasteiger charge is -2.11. The number of nitrogens with zero attached hydrogens (tertiary/aromatic N) is 1. The predicted octanol–water partition coefficient (Wildman–Crippen LogP) is 3.54. The molecule has 5 nitrogen and oxygen atoms in total. The molecule has 0 atom stereocenters. The molecule has 1 fully saturated rings. The van der Waals surface area contributed by atoms with Gasteiger partial charge in [-0.15, -0.1) is 0 Å². The quantitative estimate of drug-likeness (QED) is 0.460. The molecule has 126 valence electrons. The van der Waals surface area contributed by atoms with E-state index in [1.807, 2.05) is 6.92 Å². The van der Waals surface area contributed by atoms with Crippen LogP contribution in [0, 0.1) is 5.92 Å². The zero-order valence-corrected chi connectivity index (χ0v) is 14.5. The summed E-state index contributed by atoms with van der Waals surface area (Å²) >= 11 is 11.8. The summed E-state index contributed by atoms with van der Waals surface area (Å²) in [4.78, 5) is 16.6. The van der Waals surface area contributed by atoms with E-state index in [1.165, 1.54) is 18.9 Å². The van der Waals surface area contributed by atoms with E-state index in [1.54, 1.807) is 12.1 Å². The standard InChI is InChI=1S/C16H20Cl2N2O3/c1-2-22-7-8-23-16(19-10-11-3-4-11)20-15(21)12-5-6-13(17)14(18)9-12/h5-6,9,11H,2-4,7-8,10H2,1H3,(H,19,20,21). The predicted molar refractivity (Wildman–Crippen MR) is 91.4 cm³/mol. The number of rotatable bonds is 7. The van der Waals surface area contributed by atoms with Crippen LogP contribution in [0.4, 0.5) is 0 Å². The van der Waals surface area contributed by atoms with E-state index in [9.17, 15) is 4.79 Å². The molecule has 1 saturated carbocycles. The molecule has 1 aromatic carbocycles. The topological polar surface area (TPSA) is 59.9 Å². The Bertz CT molecular complexity index is 574. The summed E-state index contributed by atoms with van der Waals surface area (Å²) in [6.07, 6.45) is 2.35. The molecular weight excluding hydrogens is 339 g/mol. The molecule has 0 spiro atoms. The highest BCUT2D eigenvalue weighted by atomic mass is 35.5. The molecule has 1 aliphatic rings. The van der Waals surface area contributed by atoms with Gasteiger partial charge in [-0.25, -0.2) is 4.99 Å². The fourth-order valence-corrected chi connectivity index (χ4v) is 2.08. The Kier molecular flexibility index (Phi) is 7.15. The summed E-state index contributed by atoms with van der Waals surface area (Å²) in [6, 6.07) is 4.91. The Labute approximate surface area is 146 Å².